The number of nitrogens with zero attached hydrogens (tertiary/aromatic N) is 2. The molecule has 0 atom stereocenters. The van der Waals surface area contributed by atoms with Gasteiger partial charge in [-0.15, -0.1) is 0 Å². The highest BCUT2D eigenvalue weighted by Gasteiger charge is 2.22. The molecule has 27 heavy (non-hydrogen) atoms. The molecule has 0 radical (unpaired) electrons. The van der Waals surface area contributed by atoms with E-state index >= 15 is 0 Å². The van der Waals surface area contributed by atoms with Gasteiger partial charge in [-0.3, -0.25) is 0 Å². The molecule has 0 aliphatic heterocycles. The molecule has 0 aliphatic carbocycles. The Kier molecular flexibility index (Phi) is 6.32. The monoisotopic (exact) mass is 376 g/mol. The standard InChI is InChI=1S/C18H20N2O7/c1-24-13-6-5-10(7-12(13)21)16(19-22)17(20-23)11-8-14(25-2)18(27-4)15(9-11)26-3/h5-9,21-23H,1-4H3/b19-16-,20-17-. The molecule has 0 fully saturated rings. The van der Waals surface area contributed by atoms with Gasteiger partial charge in [-0.1, -0.05) is 10.3 Å². The zero-order valence-corrected chi connectivity index (χ0v) is 15.3. The summed E-state index contributed by atoms with van der Waals surface area (Å²) in [7, 11) is 5.76. The highest BCUT2D eigenvalue weighted by Crippen LogP contribution is 2.38. The lowest BCUT2D eigenvalue weighted by Crippen LogP contribution is -2.18. The number of phenolic OH excluding ortho intramolecular Hbond substituents is 1. The smallest absolute Gasteiger partial charge is 0.203 e. The van der Waals surface area contributed by atoms with Crippen molar-refractivity contribution < 1.29 is 34.5 Å². The van der Waals surface area contributed by atoms with Crippen molar-refractivity contribution in [3.05, 3.63) is 41.5 Å². The van der Waals surface area contributed by atoms with E-state index in [0.717, 1.165) is 0 Å². The number of phenols is 1. The molecule has 2 aromatic carbocycles. The third-order valence-electron chi connectivity index (χ3n) is 3.81. The third kappa shape index (κ3) is 3.81. The van der Waals surface area contributed by atoms with Crippen molar-refractivity contribution in [2.24, 2.45) is 10.3 Å². The molecule has 3 N–H and O–H groups in total. The van der Waals surface area contributed by atoms with Crippen LogP contribution in [0.2, 0.25) is 0 Å². The van der Waals surface area contributed by atoms with Crippen LogP contribution in [0.3, 0.4) is 0 Å². The van der Waals surface area contributed by atoms with Crippen LogP contribution < -0.4 is 18.9 Å². The number of benzene rings is 2. The van der Waals surface area contributed by atoms with Crippen LogP contribution in [0.4, 0.5) is 0 Å². The first kappa shape index (κ1) is 19.7. The zero-order valence-electron chi connectivity index (χ0n) is 15.3. The fraction of sp³-hybridized carbons (Fsp3) is 0.222. The predicted octanol–water partition coefficient (Wildman–Crippen LogP) is 2.48. The summed E-state index contributed by atoms with van der Waals surface area (Å²) < 4.78 is 20.8. The maximum atomic E-state index is 9.97. The van der Waals surface area contributed by atoms with E-state index in [1.807, 2.05) is 0 Å². The van der Waals surface area contributed by atoms with Crippen LogP contribution in [0.25, 0.3) is 0 Å². The van der Waals surface area contributed by atoms with Gasteiger partial charge in [0.15, 0.2) is 23.0 Å². The SMILES string of the molecule is COc1ccc(C(=N/O)/C(=N\O)c2cc(OC)c(OC)c(OC)c2)cc1O. The summed E-state index contributed by atoms with van der Waals surface area (Å²) in [5.74, 6) is 1.07. The molecule has 0 spiro atoms. The van der Waals surface area contributed by atoms with Crippen molar-refractivity contribution in [1.82, 2.24) is 0 Å². The van der Waals surface area contributed by atoms with Gasteiger partial charge in [0.25, 0.3) is 0 Å². The summed E-state index contributed by atoms with van der Waals surface area (Å²) in [4.78, 5) is 0. The summed E-state index contributed by atoms with van der Waals surface area (Å²) >= 11 is 0. The summed E-state index contributed by atoms with van der Waals surface area (Å²) in [5.41, 5.74) is 0.443. The van der Waals surface area contributed by atoms with Gasteiger partial charge in [-0.25, -0.2) is 0 Å². The second-order valence-electron chi connectivity index (χ2n) is 5.20. The molecule has 2 aromatic rings. The van der Waals surface area contributed by atoms with E-state index in [4.69, 9.17) is 18.9 Å². The lowest BCUT2D eigenvalue weighted by atomic mass is 9.98. The van der Waals surface area contributed by atoms with Gasteiger partial charge in [0.2, 0.25) is 5.75 Å². The van der Waals surface area contributed by atoms with Gasteiger partial charge >= 0.3 is 0 Å². The molecule has 0 saturated carbocycles. The van der Waals surface area contributed by atoms with Gasteiger partial charge in [0.1, 0.15) is 11.4 Å². The molecule has 9 nitrogen and oxygen atoms in total. The highest BCUT2D eigenvalue weighted by atomic mass is 16.5. The van der Waals surface area contributed by atoms with Crippen LogP contribution in [-0.2, 0) is 0 Å². The average Bonchev–Trinajstić information content (AvgIpc) is 2.70. The normalized spacial score (nSPS) is 11.9. The molecule has 0 aromatic heterocycles. The predicted molar refractivity (Wildman–Crippen MR) is 97.4 cm³/mol. The largest absolute Gasteiger partial charge is 0.504 e. The molecule has 0 aliphatic rings. The number of methoxy groups -OCH3 is 4. The molecular formula is C18H20N2O7. The molecule has 0 saturated heterocycles. The second-order valence-corrected chi connectivity index (χ2v) is 5.20. The number of hydrogen-bond donors (Lipinski definition) is 3. The Labute approximate surface area is 155 Å². The van der Waals surface area contributed by atoms with E-state index in [1.165, 1.54) is 58.8 Å². The zero-order chi connectivity index (χ0) is 20.0. The highest BCUT2D eigenvalue weighted by molar-refractivity contribution is 6.53. The van der Waals surface area contributed by atoms with Gasteiger partial charge in [-0.2, -0.15) is 0 Å². The molecule has 0 unspecified atom stereocenters. The van der Waals surface area contributed by atoms with Crippen molar-refractivity contribution in [2.75, 3.05) is 28.4 Å². The Morgan fingerprint density at radius 3 is 1.63 bits per heavy atom. The fourth-order valence-corrected chi connectivity index (χ4v) is 2.54. The summed E-state index contributed by atoms with van der Waals surface area (Å²) in [5, 5.41) is 35.5. The Balaban J connectivity index is 2.59. The molecule has 0 bridgehead atoms. The van der Waals surface area contributed by atoms with Crippen LogP contribution in [0.5, 0.6) is 28.7 Å². The number of ether oxygens (including phenoxy) is 4. The van der Waals surface area contributed by atoms with Crippen molar-refractivity contribution in [2.45, 2.75) is 0 Å². The molecule has 0 amide bonds. The third-order valence-corrected chi connectivity index (χ3v) is 3.81. The van der Waals surface area contributed by atoms with Crippen molar-refractivity contribution in [3.63, 3.8) is 0 Å². The van der Waals surface area contributed by atoms with Crippen molar-refractivity contribution in [1.29, 1.82) is 0 Å². The Morgan fingerprint density at radius 2 is 1.22 bits per heavy atom. The van der Waals surface area contributed by atoms with E-state index in [9.17, 15) is 15.5 Å². The number of rotatable bonds is 7. The first-order valence-corrected chi connectivity index (χ1v) is 7.66. The van der Waals surface area contributed by atoms with E-state index in [0.29, 0.717) is 22.8 Å². The number of hydrogen-bond acceptors (Lipinski definition) is 9. The lowest BCUT2D eigenvalue weighted by Gasteiger charge is -2.15. The minimum Gasteiger partial charge on any atom is -0.504 e. The summed E-state index contributed by atoms with van der Waals surface area (Å²) in [6, 6.07) is 7.41. The van der Waals surface area contributed by atoms with Gasteiger partial charge in [0.05, 0.1) is 28.4 Å². The quantitative estimate of drug-likeness (QED) is 0.385. The average molecular weight is 376 g/mol. The number of oxime groups is 2. The van der Waals surface area contributed by atoms with Crippen LogP contribution >= 0.6 is 0 Å². The maximum absolute atomic E-state index is 9.97. The lowest BCUT2D eigenvalue weighted by molar-refractivity contribution is 0.314. The van der Waals surface area contributed by atoms with Gasteiger partial charge in [-0.05, 0) is 30.3 Å². The maximum Gasteiger partial charge on any atom is 0.203 e. The minimum atomic E-state index is -0.168. The molecule has 9 heteroatoms. The van der Waals surface area contributed by atoms with Gasteiger partial charge in [0, 0.05) is 11.1 Å². The first-order valence-electron chi connectivity index (χ1n) is 7.66. The fourth-order valence-electron chi connectivity index (χ4n) is 2.54. The van der Waals surface area contributed by atoms with Crippen molar-refractivity contribution >= 4 is 11.4 Å². The summed E-state index contributed by atoms with van der Waals surface area (Å²) in [6.07, 6.45) is 0. The molecular weight excluding hydrogens is 356 g/mol. The molecule has 144 valence electrons. The Bertz CT molecular complexity index is 853. The Morgan fingerprint density at radius 1 is 0.704 bits per heavy atom. The molecule has 2 rings (SSSR count). The van der Waals surface area contributed by atoms with Crippen LogP contribution in [0, 0.1) is 0 Å². The first-order chi connectivity index (χ1) is 13.0. The topological polar surface area (TPSA) is 122 Å². The van der Waals surface area contributed by atoms with Gasteiger partial charge < -0.3 is 34.5 Å². The number of aromatic hydroxyl groups is 1. The summed E-state index contributed by atoms with van der Waals surface area (Å²) in [6.45, 7) is 0. The molecule has 0 heterocycles. The second kappa shape index (κ2) is 8.65. The van der Waals surface area contributed by atoms with E-state index < -0.39 is 0 Å². The van der Waals surface area contributed by atoms with Crippen LogP contribution in [0.1, 0.15) is 11.1 Å². The van der Waals surface area contributed by atoms with E-state index in [1.54, 1.807) is 0 Å². The minimum absolute atomic E-state index is 0.0821. The van der Waals surface area contributed by atoms with E-state index in [-0.39, 0.29) is 28.5 Å². The van der Waals surface area contributed by atoms with Crippen LogP contribution in [0.15, 0.2) is 40.6 Å². The van der Waals surface area contributed by atoms with Crippen molar-refractivity contribution in [3.8, 4) is 28.7 Å². The Hall–Kier alpha value is -3.62. The van der Waals surface area contributed by atoms with Crippen LogP contribution in [-0.4, -0.2) is 55.4 Å². The van der Waals surface area contributed by atoms with E-state index in [2.05, 4.69) is 10.3 Å².